The van der Waals surface area contributed by atoms with Crippen LogP contribution in [0.4, 0.5) is 4.39 Å². The summed E-state index contributed by atoms with van der Waals surface area (Å²) in [6, 6.07) is 1.25. The number of nitrogens with zero attached hydrogens (tertiary/aromatic N) is 1. The molecule has 9 heavy (non-hydrogen) atoms. The molecule has 0 aliphatic rings. The van der Waals surface area contributed by atoms with Crippen LogP contribution in [0.3, 0.4) is 0 Å². The lowest BCUT2D eigenvalue weighted by atomic mass is 10.4. The Morgan fingerprint density at radius 2 is 2.44 bits per heavy atom. The minimum atomic E-state index is -0.382. The van der Waals surface area contributed by atoms with E-state index in [0.29, 0.717) is 0 Å². The predicted molar refractivity (Wildman–Crippen MR) is 30.7 cm³/mol. The van der Waals surface area contributed by atoms with Crippen molar-refractivity contribution >= 4 is 0 Å². The van der Waals surface area contributed by atoms with Gasteiger partial charge in [0.1, 0.15) is 0 Å². The molecule has 0 N–H and O–H groups in total. The zero-order chi connectivity index (χ0) is 6.69. The lowest BCUT2D eigenvalue weighted by molar-refractivity contribution is 0.384. The molecular formula is C6H6FNO. The maximum absolute atomic E-state index is 12.4. The zero-order valence-electron chi connectivity index (χ0n) is 4.97. The van der Waals surface area contributed by atoms with Gasteiger partial charge in [-0.2, -0.15) is 0 Å². The SMILES string of the molecule is COc1cnccc1F. The molecule has 0 radical (unpaired) electrons. The molecule has 1 aromatic heterocycles. The van der Waals surface area contributed by atoms with Gasteiger partial charge in [-0.1, -0.05) is 0 Å². The summed E-state index contributed by atoms with van der Waals surface area (Å²) in [6.45, 7) is 0. The van der Waals surface area contributed by atoms with Crippen LogP contribution in [0.15, 0.2) is 18.5 Å². The molecular weight excluding hydrogens is 121 g/mol. The summed E-state index contributed by atoms with van der Waals surface area (Å²) in [5.41, 5.74) is 0. The summed E-state index contributed by atoms with van der Waals surface area (Å²) in [7, 11) is 1.40. The van der Waals surface area contributed by atoms with Crippen molar-refractivity contribution in [3.05, 3.63) is 24.3 Å². The van der Waals surface area contributed by atoms with E-state index < -0.39 is 0 Å². The highest BCUT2D eigenvalue weighted by molar-refractivity contribution is 5.17. The van der Waals surface area contributed by atoms with Crippen LogP contribution in [-0.4, -0.2) is 12.1 Å². The normalized spacial score (nSPS) is 9.11. The molecule has 0 saturated heterocycles. The number of ether oxygens (including phenoxy) is 1. The van der Waals surface area contributed by atoms with Crippen molar-refractivity contribution in [2.24, 2.45) is 0 Å². The molecule has 1 aromatic rings. The molecule has 0 bridgehead atoms. The van der Waals surface area contributed by atoms with E-state index in [1.807, 2.05) is 0 Å². The van der Waals surface area contributed by atoms with Crippen LogP contribution in [0.5, 0.6) is 5.75 Å². The first-order valence-electron chi connectivity index (χ1n) is 2.48. The molecule has 3 heteroatoms. The Kier molecular flexibility index (Phi) is 1.63. The molecule has 0 unspecified atom stereocenters. The molecule has 0 fully saturated rings. The summed E-state index contributed by atoms with van der Waals surface area (Å²) in [5, 5.41) is 0. The average molecular weight is 127 g/mol. The van der Waals surface area contributed by atoms with Gasteiger partial charge in [0.05, 0.1) is 13.3 Å². The van der Waals surface area contributed by atoms with E-state index in [9.17, 15) is 4.39 Å². The van der Waals surface area contributed by atoms with Gasteiger partial charge in [0.2, 0.25) is 0 Å². The van der Waals surface area contributed by atoms with Crippen molar-refractivity contribution in [3.63, 3.8) is 0 Å². The van der Waals surface area contributed by atoms with Crippen molar-refractivity contribution < 1.29 is 9.13 Å². The van der Waals surface area contributed by atoms with Gasteiger partial charge >= 0.3 is 0 Å². The van der Waals surface area contributed by atoms with Gasteiger partial charge in [-0.3, -0.25) is 4.98 Å². The Morgan fingerprint density at radius 1 is 1.67 bits per heavy atom. The summed E-state index contributed by atoms with van der Waals surface area (Å²) >= 11 is 0. The van der Waals surface area contributed by atoms with Crippen LogP contribution in [0, 0.1) is 5.82 Å². The molecule has 0 atom stereocenters. The van der Waals surface area contributed by atoms with E-state index in [4.69, 9.17) is 0 Å². The van der Waals surface area contributed by atoms with Gasteiger partial charge in [0.15, 0.2) is 11.6 Å². The number of rotatable bonds is 1. The van der Waals surface area contributed by atoms with Gasteiger partial charge in [-0.15, -0.1) is 0 Å². The van der Waals surface area contributed by atoms with E-state index in [0.717, 1.165) is 0 Å². The van der Waals surface area contributed by atoms with Crippen LogP contribution in [0.25, 0.3) is 0 Å². The van der Waals surface area contributed by atoms with Crippen LogP contribution in [-0.2, 0) is 0 Å². The maximum Gasteiger partial charge on any atom is 0.172 e. The second-order valence-corrected chi connectivity index (χ2v) is 1.51. The van der Waals surface area contributed by atoms with Crippen LogP contribution >= 0.6 is 0 Å². The van der Waals surface area contributed by atoms with Crippen molar-refractivity contribution in [1.82, 2.24) is 4.98 Å². The molecule has 0 amide bonds. The Bertz CT molecular complexity index is 202. The van der Waals surface area contributed by atoms with Crippen molar-refractivity contribution in [2.45, 2.75) is 0 Å². The zero-order valence-corrected chi connectivity index (χ0v) is 4.97. The van der Waals surface area contributed by atoms with E-state index in [1.54, 1.807) is 0 Å². The molecule has 0 aliphatic heterocycles. The van der Waals surface area contributed by atoms with E-state index >= 15 is 0 Å². The fraction of sp³-hybridized carbons (Fsp3) is 0.167. The van der Waals surface area contributed by atoms with E-state index in [-0.39, 0.29) is 11.6 Å². The summed E-state index contributed by atoms with van der Waals surface area (Å²) in [6.07, 6.45) is 2.70. The Hall–Kier alpha value is -1.12. The number of hydrogen-bond acceptors (Lipinski definition) is 2. The summed E-state index contributed by atoms with van der Waals surface area (Å²) in [4.78, 5) is 3.65. The standard InChI is InChI=1S/C6H6FNO/c1-9-6-4-8-3-2-5(6)7/h2-4H,1H3. The number of aromatic nitrogens is 1. The van der Waals surface area contributed by atoms with Gasteiger partial charge in [-0.05, 0) is 6.07 Å². The molecule has 0 saturated carbocycles. The third kappa shape index (κ3) is 1.16. The third-order valence-corrected chi connectivity index (χ3v) is 0.954. The van der Waals surface area contributed by atoms with Crippen molar-refractivity contribution in [3.8, 4) is 5.75 Å². The highest BCUT2D eigenvalue weighted by Crippen LogP contribution is 2.11. The number of methoxy groups -OCH3 is 1. The monoisotopic (exact) mass is 127 g/mol. The summed E-state index contributed by atoms with van der Waals surface area (Å²) in [5.74, 6) is -0.204. The average Bonchev–Trinajstić information content (AvgIpc) is 1.89. The predicted octanol–water partition coefficient (Wildman–Crippen LogP) is 1.23. The van der Waals surface area contributed by atoms with Crippen molar-refractivity contribution in [2.75, 3.05) is 7.11 Å². The van der Waals surface area contributed by atoms with Gasteiger partial charge in [-0.25, -0.2) is 4.39 Å². The molecule has 1 heterocycles. The van der Waals surface area contributed by atoms with E-state index in [2.05, 4.69) is 9.72 Å². The molecule has 0 spiro atoms. The number of hydrogen-bond donors (Lipinski definition) is 0. The minimum absolute atomic E-state index is 0.178. The first kappa shape index (κ1) is 6.01. The van der Waals surface area contributed by atoms with Crippen LogP contribution in [0.1, 0.15) is 0 Å². The molecule has 2 nitrogen and oxygen atoms in total. The van der Waals surface area contributed by atoms with Gasteiger partial charge < -0.3 is 4.74 Å². The fourth-order valence-electron chi connectivity index (χ4n) is 0.513. The minimum Gasteiger partial charge on any atom is -0.492 e. The lowest BCUT2D eigenvalue weighted by Gasteiger charge is -1.96. The van der Waals surface area contributed by atoms with Gasteiger partial charge in [0, 0.05) is 6.20 Å². The fourth-order valence-corrected chi connectivity index (χ4v) is 0.513. The van der Waals surface area contributed by atoms with Crippen LogP contribution in [0.2, 0.25) is 0 Å². The topological polar surface area (TPSA) is 22.1 Å². The highest BCUT2D eigenvalue weighted by Gasteiger charge is 1.96. The Labute approximate surface area is 52.3 Å². The summed E-state index contributed by atoms with van der Waals surface area (Å²) < 4.78 is 17.0. The molecule has 0 aliphatic carbocycles. The first-order chi connectivity index (χ1) is 4.34. The second-order valence-electron chi connectivity index (χ2n) is 1.51. The van der Waals surface area contributed by atoms with E-state index in [1.165, 1.54) is 25.6 Å². The smallest absolute Gasteiger partial charge is 0.172 e. The number of halogens is 1. The second kappa shape index (κ2) is 2.44. The molecule has 0 aromatic carbocycles. The number of pyridine rings is 1. The molecule has 1 rings (SSSR count). The maximum atomic E-state index is 12.4. The Balaban J connectivity index is 3.01. The van der Waals surface area contributed by atoms with Gasteiger partial charge in [0.25, 0.3) is 0 Å². The quantitative estimate of drug-likeness (QED) is 0.566. The van der Waals surface area contributed by atoms with Crippen LogP contribution < -0.4 is 4.74 Å². The molecule has 48 valence electrons. The van der Waals surface area contributed by atoms with Crippen molar-refractivity contribution in [1.29, 1.82) is 0 Å². The Morgan fingerprint density at radius 3 is 2.89 bits per heavy atom. The largest absolute Gasteiger partial charge is 0.492 e. The third-order valence-electron chi connectivity index (χ3n) is 0.954. The first-order valence-corrected chi connectivity index (χ1v) is 2.48. The highest BCUT2D eigenvalue weighted by atomic mass is 19.1. The lowest BCUT2D eigenvalue weighted by Crippen LogP contribution is -1.87.